The van der Waals surface area contributed by atoms with Crippen LogP contribution in [0.1, 0.15) is 60.6 Å². The molecule has 31 heavy (non-hydrogen) atoms. The summed E-state index contributed by atoms with van der Waals surface area (Å²) in [4.78, 5) is 27.9. The van der Waals surface area contributed by atoms with Gasteiger partial charge in [-0.3, -0.25) is 9.36 Å². The summed E-state index contributed by atoms with van der Waals surface area (Å²) in [7, 11) is 1.66. The molecule has 0 bridgehead atoms. The van der Waals surface area contributed by atoms with Crippen LogP contribution in [0, 0.1) is 6.92 Å². The summed E-state index contributed by atoms with van der Waals surface area (Å²) in [6, 6.07) is 7.26. The predicted octanol–water partition coefficient (Wildman–Crippen LogP) is 3.80. The zero-order valence-corrected chi connectivity index (χ0v) is 18.9. The van der Waals surface area contributed by atoms with Crippen LogP contribution in [0.5, 0.6) is 0 Å². The van der Waals surface area contributed by atoms with Gasteiger partial charge in [0, 0.05) is 37.7 Å². The summed E-state index contributed by atoms with van der Waals surface area (Å²) in [5.74, 6) is 1.03. The normalized spacial score (nSPS) is 16.8. The maximum atomic E-state index is 13.5. The minimum Gasteiger partial charge on any atom is -0.360 e. The van der Waals surface area contributed by atoms with Gasteiger partial charge in [0.15, 0.2) is 0 Å². The first kappa shape index (κ1) is 21.4. The molecule has 1 aliphatic heterocycles. The van der Waals surface area contributed by atoms with Gasteiger partial charge in [-0.2, -0.15) is 5.10 Å². The van der Waals surface area contributed by atoms with Crippen LogP contribution in [0.4, 0.5) is 0 Å². The van der Waals surface area contributed by atoms with Gasteiger partial charge in [0.25, 0.3) is 5.91 Å². The number of piperidine rings is 1. The van der Waals surface area contributed by atoms with Gasteiger partial charge in [-0.05, 0) is 39.7 Å². The zero-order valence-electron chi connectivity index (χ0n) is 18.1. The monoisotopic (exact) mass is 443 g/mol. The molecule has 0 spiro atoms. The number of hydrogen-bond acceptors (Lipinski definition) is 5. The summed E-state index contributed by atoms with van der Waals surface area (Å²) in [5.41, 5.74) is 1.41. The fraction of sp³-hybridized carbons (Fsp3) is 0.455. The SMILES string of the molecule is Cc1onc(-c2ccccc2Cl)c1C(=O)N1CCCC(c2nn(C)c(=O)n2C(C)C)C1. The van der Waals surface area contributed by atoms with Crippen LogP contribution in [-0.2, 0) is 7.05 Å². The lowest BCUT2D eigenvalue weighted by atomic mass is 9.95. The van der Waals surface area contributed by atoms with E-state index in [2.05, 4.69) is 10.3 Å². The molecule has 0 aliphatic carbocycles. The maximum Gasteiger partial charge on any atom is 0.345 e. The van der Waals surface area contributed by atoms with Gasteiger partial charge in [0.1, 0.15) is 22.8 Å². The molecule has 0 radical (unpaired) electrons. The van der Waals surface area contributed by atoms with Crippen molar-refractivity contribution in [3.8, 4) is 11.3 Å². The minimum absolute atomic E-state index is 0.00517. The Labute approximate surface area is 185 Å². The van der Waals surface area contributed by atoms with Crippen LogP contribution < -0.4 is 5.69 Å². The first-order valence-corrected chi connectivity index (χ1v) is 10.8. The van der Waals surface area contributed by atoms with Crippen molar-refractivity contribution in [2.24, 2.45) is 7.05 Å². The standard InChI is InChI=1S/C22H26ClN5O3/c1-13(2)28-20(24-26(4)22(28)30)15-8-7-11-27(12-15)21(29)18-14(3)31-25-19(18)16-9-5-6-10-17(16)23/h5-6,9-10,13,15H,7-8,11-12H2,1-4H3. The Hall–Kier alpha value is -2.87. The molecule has 1 saturated heterocycles. The predicted molar refractivity (Wildman–Crippen MR) is 117 cm³/mol. The zero-order chi connectivity index (χ0) is 22.3. The van der Waals surface area contributed by atoms with E-state index >= 15 is 0 Å². The van der Waals surface area contributed by atoms with E-state index in [0.717, 1.165) is 18.7 Å². The number of nitrogens with zero attached hydrogens (tertiary/aromatic N) is 5. The lowest BCUT2D eigenvalue weighted by Crippen LogP contribution is -2.40. The number of amides is 1. The molecule has 3 aromatic rings. The summed E-state index contributed by atoms with van der Waals surface area (Å²) in [6.45, 7) is 6.77. The number of carbonyl (C=O) groups excluding carboxylic acids is 1. The van der Waals surface area contributed by atoms with Crippen molar-refractivity contribution in [1.29, 1.82) is 0 Å². The number of benzene rings is 1. The molecule has 1 atom stereocenters. The van der Waals surface area contributed by atoms with Crippen molar-refractivity contribution < 1.29 is 9.32 Å². The van der Waals surface area contributed by atoms with E-state index in [9.17, 15) is 9.59 Å². The van der Waals surface area contributed by atoms with Crippen molar-refractivity contribution in [2.75, 3.05) is 13.1 Å². The van der Waals surface area contributed by atoms with Crippen molar-refractivity contribution in [3.05, 3.63) is 56.9 Å². The Morgan fingerprint density at radius 2 is 2.03 bits per heavy atom. The lowest BCUT2D eigenvalue weighted by molar-refractivity contribution is 0.0701. The molecular weight excluding hydrogens is 418 g/mol. The van der Waals surface area contributed by atoms with Crippen LogP contribution in [0.2, 0.25) is 5.02 Å². The number of hydrogen-bond donors (Lipinski definition) is 0. The van der Waals surface area contributed by atoms with Crippen LogP contribution in [-0.4, -0.2) is 43.4 Å². The Morgan fingerprint density at radius 3 is 2.74 bits per heavy atom. The molecule has 1 aromatic carbocycles. The third-order valence-corrected chi connectivity index (χ3v) is 6.11. The second-order valence-electron chi connectivity index (χ2n) is 8.26. The van der Waals surface area contributed by atoms with Crippen molar-refractivity contribution in [3.63, 3.8) is 0 Å². The van der Waals surface area contributed by atoms with E-state index in [0.29, 0.717) is 40.7 Å². The van der Waals surface area contributed by atoms with Crippen LogP contribution in [0.15, 0.2) is 33.6 Å². The highest BCUT2D eigenvalue weighted by Gasteiger charge is 2.33. The largest absolute Gasteiger partial charge is 0.360 e. The molecule has 0 N–H and O–H groups in total. The first-order chi connectivity index (χ1) is 14.8. The van der Waals surface area contributed by atoms with E-state index in [-0.39, 0.29) is 23.6 Å². The van der Waals surface area contributed by atoms with E-state index in [1.54, 1.807) is 29.5 Å². The average molecular weight is 444 g/mol. The second-order valence-corrected chi connectivity index (χ2v) is 8.67. The fourth-order valence-electron chi connectivity index (χ4n) is 4.25. The van der Waals surface area contributed by atoms with Gasteiger partial charge < -0.3 is 9.42 Å². The molecule has 9 heteroatoms. The fourth-order valence-corrected chi connectivity index (χ4v) is 4.48. The van der Waals surface area contributed by atoms with Crippen LogP contribution >= 0.6 is 11.6 Å². The lowest BCUT2D eigenvalue weighted by Gasteiger charge is -2.32. The van der Waals surface area contributed by atoms with Crippen LogP contribution in [0.3, 0.4) is 0 Å². The smallest absolute Gasteiger partial charge is 0.345 e. The topological polar surface area (TPSA) is 86.2 Å². The second kappa shape index (κ2) is 8.34. The molecule has 164 valence electrons. The molecule has 4 rings (SSSR count). The molecule has 1 fully saturated rings. The quantitative estimate of drug-likeness (QED) is 0.612. The highest BCUT2D eigenvalue weighted by Crippen LogP contribution is 2.33. The molecule has 1 aliphatic rings. The Morgan fingerprint density at radius 1 is 1.29 bits per heavy atom. The Balaban J connectivity index is 1.66. The molecule has 3 heterocycles. The first-order valence-electron chi connectivity index (χ1n) is 10.5. The number of likely N-dealkylation sites (tertiary alicyclic amines) is 1. The van der Waals surface area contributed by atoms with Crippen molar-refractivity contribution in [2.45, 2.75) is 45.6 Å². The minimum atomic E-state index is -0.146. The van der Waals surface area contributed by atoms with Gasteiger partial charge in [0.2, 0.25) is 0 Å². The molecule has 2 aromatic heterocycles. The summed E-state index contributed by atoms with van der Waals surface area (Å²) in [6.07, 6.45) is 1.69. The van der Waals surface area contributed by atoms with Crippen LogP contribution in [0.25, 0.3) is 11.3 Å². The molecular formula is C22H26ClN5O3. The molecule has 8 nitrogen and oxygen atoms in total. The number of halogens is 1. The third kappa shape index (κ3) is 3.80. The van der Waals surface area contributed by atoms with E-state index in [4.69, 9.17) is 16.1 Å². The summed E-state index contributed by atoms with van der Waals surface area (Å²) in [5, 5.41) is 9.12. The van der Waals surface area contributed by atoms with Gasteiger partial charge in [-0.25, -0.2) is 9.48 Å². The van der Waals surface area contributed by atoms with Crippen molar-refractivity contribution >= 4 is 17.5 Å². The Kier molecular flexibility index (Phi) is 5.75. The molecule has 1 unspecified atom stereocenters. The van der Waals surface area contributed by atoms with Gasteiger partial charge in [-0.15, -0.1) is 0 Å². The summed E-state index contributed by atoms with van der Waals surface area (Å²) >= 11 is 6.35. The van der Waals surface area contributed by atoms with Crippen molar-refractivity contribution in [1.82, 2.24) is 24.4 Å². The van der Waals surface area contributed by atoms with E-state index in [1.165, 1.54) is 4.68 Å². The van der Waals surface area contributed by atoms with Gasteiger partial charge in [0.05, 0.1) is 5.02 Å². The number of carbonyl (C=O) groups is 1. The molecule has 0 saturated carbocycles. The number of aryl methyl sites for hydroxylation is 2. The van der Waals surface area contributed by atoms with E-state index < -0.39 is 0 Å². The summed E-state index contributed by atoms with van der Waals surface area (Å²) < 4.78 is 8.47. The highest BCUT2D eigenvalue weighted by molar-refractivity contribution is 6.33. The third-order valence-electron chi connectivity index (χ3n) is 5.78. The van der Waals surface area contributed by atoms with E-state index in [1.807, 2.05) is 32.0 Å². The number of aromatic nitrogens is 4. The average Bonchev–Trinajstić information content (AvgIpc) is 3.27. The molecule has 1 amide bonds. The number of rotatable bonds is 4. The highest BCUT2D eigenvalue weighted by atomic mass is 35.5. The van der Waals surface area contributed by atoms with Gasteiger partial charge >= 0.3 is 5.69 Å². The Bertz CT molecular complexity index is 1180. The van der Waals surface area contributed by atoms with Gasteiger partial charge in [-0.1, -0.05) is 35.0 Å². The maximum absolute atomic E-state index is 13.5.